The molecule has 3 aromatic carbocycles. The summed E-state index contributed by atoms with van der Waals surface area (Å²) < 4.78 is 10.1. The summed E-state index contributed by atoms with van der Waals surface area (Å²) in [7, 11) is 2.77. The van der Waals surface area contributed by atoms with E-state index in [2.05, 4.69) is 0 Å². The van der Waals surface area contributed by atoms with E-state index in [1.54, 1.807) is 42.5 Å². The van der Waals surface area contributed by atoms with E-state index >= 15 is 0 Å². The van der Waals surface area contributed by atoms with Gasteiger partial charge >= 0.3 is 5.97 Å². The number of ketones is 1. The van der Waals surface area contributed by atoms with Crippen molar-refractivity contribution in [2.45, 2.75) is 19.4 Å². The van der Waals surface area contributed by atoms with Crippen molar-refractivity contribution in [3.05, 3.63) is 101 Å². The van der Waals surface area contributed by atoms with Crippen molar-refractivity contribution in [2.24, 2.45) is 0 Å². The molecule has 7 heteroatoms. The van der Waals surface area contributed by atoms with Gasteiger partial charge in [-0.1, -0.05) is 49.4 Å². The highest BCUT2D eigenvalue weighted by Gasteiger charge is 2.47. The molecular weight excluding hydrogens is 446 g/mol. The van der Waals surface area contributed by atoms with Gasteiger partial charge in [0.05, 0.1) is 31.4 Å². The largest absolute Gasteiger partial charge is 0.507 e. The van der Waals surface area contributed by atoms with Crippen LogP contribution in [0.15, 0.2) is 78.4 Å². The minimum atomic E-state index is -0.903. The van der Waals surface area contributed by atoms with E-state index in [-0.39, 0.29) is 16.9 Å². The molecule has 0 radical (unpaired) electrons. The lowest BCUT2D eigenvalue weighted by Crippen LogP contribution is -2.29. The fourth-order valence-corrected chi connectivity index (χ4v) is 4.18. The van der Waals surface area contributed by atoms with Crippen molar-refractivity contribution in [1.29, 1.82) is 0 Å². The molecule has 1 N–H and O–H groups in total. The molecular formula is C28H25NO6. The topological polar surface area (TPSA) is 93.1 Å². The van der Waals surface area contributed by atoms with Crippen LogP contribution in [-0.4, -0.2) is 37.0 Å². The number of Topliss-reactive ketones (excluding diaryl/α,β-unsaturated/α-hetero) is 1. The van der Waals surface area contributed by atoms with Gasteiger partial charge in [0.2, 0.25) is 0 Å². The highest BCUT2D eigenvalue weighted by Crippen LogP contribution is 2.42. The average molecular weight is 472 g/mol. The van der Waals surface area contributed by atoms with Crippen molar-refractivity contribution < 1.29 is 29.0 Å². The number of hydrogen-bond acceptors (Lipinski definition) is 6. The number of esters is 1. The monoisotopic (exact) mass is 471 g/mol. The summed E-state index contributed by atoms with van der Waals surface area (Å²) in [6, 6.07) is 19.6. The molecule has 178 valence electrons. The second kappa shape index (κ2) is 9.85. The summed E-state index contributed by atoms with van der Waals surface area (Å²) >= 11 is 0. The first-order valence-corrected chi connectivity index (χ1v) is 11.1. The Balaban J connectivity index is 1.93. The number of aryl methyl sites for hydroxylation is 1. The zero-order valence-corrected chi connectivity index (χ0v) is 19.6. The van der Waals surface area contributed by atoms with Crippen LogP contribution in [0.5, 0.6) is 5.75 Å². The number of aliphatic hydroxyl groups excluding tert-OH is 1. The molecule has 1 aliphatic rings. The molecule has 1 saturated heterocycles. The van der Waals surface area contributed by atoms with E-state index in [1.165, 1.54) is 25.2 Å². The third-order valence-corrected chi connectivity index (χ3v) is 6.04. The van der Waals surface area contributed by atoms with Gasteiger partial charge in [-0.15, -0.1) is 0 Å². The lowest BCUT2D eigenvalue weighted by molar-refractivity contribution is -0.132. The molecule has 0 aromatic heterocycles. The Kier molecular flexibility index (Phi) is 6.68. The summed E-state index contributed by atoms with van der Waals surface area (Å²) in [5.41, 5.74) is 2.61. The summed E-state index contributed by atoms with van der Waals surface area (Å²) in [6.07, 6.45) is 0.825. The zero-order chi connectivity index (χ0) is 25.1. The molecule has 1 atom stereocenters. The molecule has 1 unspecified atom stereocenters. The smallest absolute Gasteiger partial charge is 0.337 e. The molecule has 1 fully saturated rings. The van der Waals surface area contributed by atoms with Gasteiger partial charge < -0.3 is 14.6 Å². The van der Waals surface area contributed by atoms with E-state index in [4.69, 9.17) is 9.47 Å². The minimum absolute atomic E-state index is 0.0454. The number of carbonyl (C=O) groups is 3. The molecule has 0 spiro atoms. The predicted molar refractivity (Wildman–Crippen MR) is 131 cm³/mol. The van der Waals surface area contributed by atoms with E-state index in [1.807, 2.05) is 31.2 Å². The third kappa shape index (κ3) is 4.40. The van der Waals surface area contributed by atoms with E-state index in [0.717, 1.165) is 12.0 Å². The van der Waals surface area contributed by atoms with Gasteiger partial charge in [0.15, 0.2) is 0 Å². The Morgan fingerprint density at radius 1 is 0.943 bits per heavy atom. The standard InChI is InChI=1S/C28H25NO6/c1-4-17-11-13-18(14-12-17)24-23(25(30)19-7-6-10-22(16-19)34-2)26(31)27(32)29(24)21-9-5-8-20(15-21)28(33)35-3/h5-16,24,30H,4H2,1-3H3/b25-23+. The van der Waals surface area contributed by atoms with E-state index in [0.29, 0.717) is 22.6 Å². The van der Waals surface area contributed by atoms with Gasteiger partial charge in [0.1, 0.15) is 11.5 Å². The van der Waals surface area contributed by atoms with Crippen LogP contribution < -0.4 is 9.64 Å². The van der Waals surface area contributed by atoms with Gasteiger partial charge in [0, 0.05) is 11.3 Å². The molecule has 3 aromatic rings. The maximum absolute atomic E-state index is 13.3. The molecule has 0 bridgehead atoms. The number of aliphatic hydroxyl groups is 1. The molecule has 0 aliphatic carbocycles. The van der Waals surface area contributed by atoms with Gasteiger partial charge in [-0.05, 0) is 47.9 Å². The average Bonchev–Trinajstić information content (AvgIpc) is 3.17. The number of nitrogens with zero attached hydrogens (tertiary/aromatic N) is 1. The van der Waals surface area contributed by atoms with Crippen LogP contribution in [0, 0.1) is 0 Å². The molecule has 7 nitrogen and oxygen atoms in total. The Labute approximate surface area is 203 Å². The Morgan fingerprint density at radius 2 is 1.63 bits per heavy atom. The van der Waals surface area contributed by atoms with Crippen LogP contribution in [0.25, 0.3) is 5.76 Å². The summed E-state index contributed by atoms with van der Waals surface area (Å²) in [6.45, 7) is 2.03. The number of methoxy groups -OCH3 is 2. The SMILES string of the molecule is CCc1ccc(C2/C(=C(\O)c3cccc(OC)c3)C(=O)C(=O)N2c2cccc(C(=O)OC)c2)cc1. The molecule has 0 saturated carbocycles. The van der Waals surface area contributed by atoms with Crippen molar-refractivity contribution in [3.8, 4) is 5.75 Å². The third-order valence-electron chi connectivity index (χ3n) is 6.04. The molecule has 4 rings (SSSR count). The van der Waals surface area contributed by atoms with Crippen LogP contribution in [0.4, 0.5) is 5.69 Å². The fraction of sp³-hybridized carbons (Fsp3) is 0.179. The van der Waals surface area contributed by atoms with Crippen LogP contribution in [0.1, 0.15) is 40.0 Å². The highest BCUT2D eigenvalue weighted by molar-refractivity contribution is 6.51. The van der Waals surface area contributed by atoms with Crippen LogP contribution in [0.2, 0.25) is 0 Å². The van der Waals surface area contributed by atoms with Crippen molar-refractivity contribution >= 4 is 29.1 Å². The van der Waals surface area contributed by atoms with Gasteiger partial charge in [-0.25, -0.2) is 4.79 Å². The number of ether oxygens (including phenoxy) is 2. The summed E-state index contributed by atoms with van der Waals surface area (Å²) in [4.78, 5) is 40.1. The van der Waals surface area contributed by atoms with Crippen LogP contribution >= 0.6 is 0 Å². The lowest BCUT2D eigenvalue weighted by Gasteiger charge is -2.26. The summed E-state index contributed by atoms with van der Waals surface area (Å²) in [5, 5.41) is 11.3. The number of benzene rings is 3. The summed E-state index contributed by atoms with van der Waals surface area (Å²) in [5.74, 6) is -2.00. The van der Waals surface area contributed by atoms with Crippen molar-refractivity contribution in [2.75, 3.05) is 19.1 Å². The molecule has 1 amide bonds. The lowest BCUT2D eigenvalue weighted by atomic mass is 9.94. The van der Waals surface area contributed by atoms with E-state index < -0.39 is 23.7 Å². The Bertz CT molecular complexity index is 1330. The number of anilines is 1. The van der Waals surface area contributed by atoms with Gasteiger partial charge in [0.25, 0.3) is 11.7 Å². The first kappa shape index (κ1) is 23.8. The molecule has 1 heterocycles. The fourth-order valence-electron chi connectivity index (χ4n) is 4.18. The second-order valence-corrected chi connectivity index (χ2v) is 8.04. The van der Waals surface area contributed by atoms with Gasteiger partial charge in [-0.2, -0.15) is 0 Å². The first-order valence-electron chi connectivity index (χ1n) is 11.1. The normalized spacial score (nSPS) is 16.9. The van der Waals surface area contributed by atoms with Crippen molar-refractivity contribution in [1.82, 2.24) is 0 Å². The Hall–Kier alpha value is -4.39. The highest BCUT2D eigenvalue weighted by atomic mass is 16.5. The zero-order valence-electron chi connectivity index (χ0n) is 19.6. The number of carbonyl (C=O) groups excluding carboxylic acids is 3. The maximum atomic E-state index is 13.3. The second-order valence-electron chi connectivity index (χ2n) is 8.04. The maximum Gasteiger partial charge on any atom is 0.337 e. The van der Waals surface area contributed by atoms with Crippen LogP contribution in [-0.2, 0) is 20.7 Å². The van der Waals surface area contributed by atoms with Crippen LogP contribution in [0.3, 0.4) is 0 Å². The molecule has 35 heavy (non-hydrogen) atoms. The minimum Gasteiger partial charge on any atom is -0.507 e. The number of amides is 1. The Morgan fingerprint density at radius 3 is 2.29 bits per heavy atom. The van der Waals surface area contributed by atoms with E-state index in [9.17, 15) is 19.5 Å². The predicted octanol–water partition coefficient (Wildman–Crippen LogP) is 4.67. The number of hydrogen-bond donors (Lipinski definition) is 1. The first-order chi connectivity index (χ1) is 16.9. The van der Waals surface area contributed by atoms with Gasteiger partial charge in [-0.3, -0.25) is 14.5 Å². The van der Waals surface area contributed by atoms with Crippen molar-refractivity contribution in [3.63, 3.8) is 0 Å². The quantitative estimate of drug-likeness (QED) is 0.243. The number of rotatable bonds is 6. The molecule has 1 aliphatic heterocycles.